The fourth-order valence-electron chi connectivity index (χ4n) is 1.82. The van der Waals surface area contributed by atoms with Gasteiger partial charge in [0.25, 0.3) is 0 Å². The van der Waals surface area contributed by atoms with Gasteiger partial charge in [-0.25, -0.2) is 8.78 Å². The van der Waals surface area contributed by atoms with Crippen LogP contribution in [0.3, 0.4) is 0 Å². The third-order valence-corrected chi connectivity index (χ3v) is 2.81. The van der Waals surface area contributed by atoms with Crippen LogP contribution in [0.15, 0.2) is 36.5 Å². The number of halogens is 2. The lowest BCUT2D eigenvalue weighted by Crippen LogP contribution is -2.17. The molecule has 4 heteroatoms. The molecular weight excluding hydrogens is 246 g/mol. The lowest BCUT2D eigenvalue weighted by molar-refractivity contribution is 0.577. The van der Waals surface area contributed by atoms with Crippen molar-refractivity contribution >= 4 is 0 Å². The molecule has 0 amide bonds. The van der Waals surface area contributed by atoms with Crippen LogP contribution in [0.5, 0.6) is 0 Å². The van der Waals surface area contributed by atoms with E-state index < -0.39 is 11.6 Å². The topological polar surface area (TPSA) is 24.9 Å². The Kier molecular flexibility index (Phi) is 4.58. The van der Waals surface area contributed by atoms with Gasteiger partial charge in [0.2, 0.25) is 0 Å². The van der Waals surface area contributed by atoms with E-state index >= 15 is 0 Å². The standard InChI is InChI=1S/C15H16F2N2/c1-11-2-3-13(10-19-11)9-18-5-4-12-6-14(16)8-15(17)7-12/h2-3,6-8,10,18H,4-5,9H2,1H3. The minimum Gasteiger partial charge on any atom is -0.312 e. The molecule has 1 heterocycles. The molecule has 1 aromatic heterocycles. The first-order chi connectivity index (χ1) is 9.13. The third-order valence-electron chi connectivity index (χ3n) is 2.81. The molecule has 0 saturated carbocycles. The van der Waals surface area contributed by atoms with E-state index in [4.69, 9.17) is 0 Å². The molecule has 1 aromatic carbocycles. The van der Waals surface area contributed by atoms with Gasteiger partial charge in [0.1, 0.15) is 11.6 Å². The highest BCUT2D eigenvalue weighted by atomic mass is 19.1. The van der Waals surface area contributed by atoms with Crippen LogP contribution in [-0.2, 0) is 13.0 Å². The van der Waals surface area contributed by atoms with Crippen LogP contribution in [0.1, 0.15) is 16.8 Å². The van der Waals surface area contributed by atoms with Crippen molar-refractivity contribution in [3.05, 3.63) is 65.0 Å². The molecule has 0 aliphatic heterocycles. The van der Waals surface area contributed by atoms with Crippen LogP contribution < -0.4 is 5.32 Å². The molecule has 0 aliphatic carbocycles. The van der Waals surface area contributed by atoms with Crippen LogP contribution in [0, 0.1) is 18.6 Å². The summed E-state index contributed by atoms with van der Waals surface area (Å²) in [5, 5.41) is 3.22. The van der Waals surface area contributed by atoms with Gasteiger partial charge in [-0.2, -0.15) is 0 Å². The highest BCUT2D eigenvalue weighted by Gasteiger charge is 2.00. The second-order valence-corrected chi connectivity index (χ2v) is 4.51. The molecule has 2 aromatic rings. The molecule has 19 heavy (non-hydrogen) atoms. The number of aryl methyl sites for hydroxylation is 1. The van der Waals surface area contributed by atoms with Crippen LogP contribution >= 0.6 is 0 Å². The summed E-state index contributed by atoms with van der Waals surface area (Å²) < 4.78 is 25.9. The molecule has 100 valence electrons. The average molecular weight is 262 g/mol. The number of aromatic nitrogens is 1. The Morgan fingerprint density at radius 2 is 1.79 bits per heavy atom. The highest BCUT2D eigenvalue weighted by molar-refractivity contribution is 5.18. The summed E-state index contributed by atoms with van der Waals surface area (Å²) in [6, 6.07) is 7.57. The summed E-state index contributed by atoms with van der Waals surface area (Å²) in [6.45, 7) is 3.30. The lowest BCUT2D eigenvalue weighted by atomic mass is 10.1. The van der Waals surface area contributed by atoms with Crippen LogP contribution in [-0.4, -0.2) is 11.5 Å². The summed E-state index contributed by atoms with van der Waals surface area (Å²) >= 11 is 0. The van der Waals surface area contributed by atoms with Crippen LogP contribution in [0.25, 0.3) is 0 Å². The maximum absolute atomic E-state index is 13.0. The van der Waals surface area contributed by atoms with E-state index in [1.807, 2.05) is 25.3 Å². The first kappa shape index (κ1) is 13.6. The van der Waals surface area contributed by atoms with Gasteiger partial charge >= 0.3 is 0 Å². The van der Waals surface area contributed by atoms with Crippen molar-refractivity contribution < 1.29 is 8.78 Å². The van der Waals surface area contributed by atoms with E-state index in [9.17, 15) is 8.78 Å². The number of rotatable bonds is 5. The Morgan fingerprint density at radius 3 is 2.42 bits per heavy atom. The summed E-state index contributed by atoms with van der Waals surface area (Å²) in [6.07, 6.45) is 2.41. The summed E-state index contributed by atoms with van der Waals surface area (Å²) in [5.74, 6) is -1.06. The van der Waals surface area contributed by atoms with Gasteiger partial charge in [0.05, 0.1) is 0 Å². The van der Waals surface area contributed by atoms with Crippen molar-refractivity contribution in [1.82, 2.24) is 10.3 Å². The van der Waals surface area contributed by atoms with E-state index in [-0.39, 0.29) is 0 Å². The van der Waals surface area contributed by atoms with Crippen molar-refractivity contribution in [3.63, 3.8) is 0 Å². The van der Waals surface area contributed by atoms with Crippen molar-refractivity contribution in [2.45, 2.75) is 19.9 Å². The van der Waals surface area contributed by atoms with E-state index in [2.05, 4.69) is 10.3 Å². The van der Waals surface area contributed by atoms with Crippen LogP contribution in [0.4, 0.5) is 8.78 Å². The third kappa shape index (κ3) is 4.41. The first-order valence-corrected chi connectivity index (χ1v) is 6.21. The van der Waals surface area contributed by atoms with Gasteiger partial charge in [-0.05, 0) is 49.2 Å². The van der Waals surface area contributed by atoms with Gasteiger partial charge in [0.15, 0.2) is 0 Å². The molecule has 0 fully saturated rings. The summed E-state index contributed by atoms with van der Waals surface area (Å²) in [4.78, 5) is 4.20. The Hall–Kier alpha value is -1.81. The molecule has 0 spiro atoms. The maximum Gasteiger partial charge on any atom is 0.126 e. The van der Waals surface area contributed by atoms with Gasteiger partial charge in [-0.15, -0.1) is 0 Å². The molecule has 0 unspecified atom stereocenters. The average Bonchev–Trinajstić information content (AvgIpc) is 2.36. The van der Waals surface area contributed by atoms with Crippen LogP contribution in [0.2, 0.25) is 0 Å². The fraction of sp³-hybridized carbons (Fsp3) is 0.267. The molecule has 0 bridgehead atoms. The molecule has 0 saturated heterocycles. The zero-order valence-corrected chi connectivity index (χ0v) is 10.8. The second-order valence-electron chi connectivity index (χ2n) is 4.51. The Labute approximate surface area is 111 Å². The minimum atomic E-state index is -0.530. The summed E-state index contributed by atoms with van der Waals surface area (Å²) in [5.41, 5.74) is 2.74. The Balaban J connectivity index is 1.79. The highest BCUT2D eigenvalue weighted by Crippen LogP contribution is 2.08. The van der Waals surface area contributed by atoms with Gasteiger partial charge in [0, 0.05) is 24.5 Å². The number of hydrogen-bond acceptors (Lipinski definition) is 2. The largest absolute Gasteiger partial charge is 0.312 e. The van der Waals surface area contributed by atoms with Gasteiger partial charge in [-0.3, -0.25) is 4.98 Å². The van der Waals surface area contributed by atoms with E-state index in [0.29, 0.717) is 25.1 Å². The Morgan fingerprint density at radius 1 is 1.05 bits per heavy atom. The number of pyridine rings is 1. The second kappa shape index (κ2) is 6.38. The lowest BCUT2D eigenvalue weighted by Gasteiger charge is -2.05. The fourth-order valence-corrected chi connectivity index (χ4v) is 1.82. The van der Waals surface area contributed by atoms with Crippen molar-refractivity contribution in [3.8, 4) is 0 Å². The van der Waals surface area contributed by atoms with E-state index in [0.717, 1.165) is 17.3 Å². The zero-order chi connectivity index (χ0) is 13.7. The SMILES string of the molecule is Cc1ccc(CNCCc2cc(F)cc(F)c2)cn1. The Bertz CT molecular complexity index is 518. The number of hydrogen-bond donors (Lipinski definition) is 1. The van der Waals surface area contributed by atoms with Crippen molar-refractivity contribution in [2.24, 2.45) is 0 Å². The molecule has 0 atom stereocenters. The monoisotopic (exact) mass is 262 g/mol. The van der Waals surface area contributed by atoms with Gasteiger partial charge < -0.3 is 5.32 Å². The van der Waals surface area contributed by atoms with Crippen molar-refractivity contribution in [1.29, 1.82) is 0 Å². The first-order valence-electron chi connectivity index (χ1n) is 6.21. The molecule has 2 nitrogen and oxygen atoms in total. The number of nitrogens with one attached hydrogen (secondary N) is 1. The number of benzene rings is 1. The van der Waals surface area contributed by atoms with E-state index in [1.54, 1.807) is 0 Å². The summed E-state index contributed by atoms with van der Waals surface area (Å²) in [7, 11) is 0. The normalized spacial score (nSPS) is 10.7. The molecule has 1 N–H and O–H groups in total. The van der Waals surface area contributed by atoms with Crippen molar-refractivity contribution in [2.75, 3.05) is 6.54 Å². The molecular formula is C15H16F2N2. The minimum absolute atomic E-state index is 0.530. The molecule has 2 rings (SSSR count). The maximum atomic E-state index is 13.0. The molecule has 0 aliphatic rings. The van der Waals surface area contributed by atoms with Gasteiger partial charge in [-0.1, -0.05) is 6.07 Å². The molecule has 0 radical (unpaired) electrons. The smallest absolute Gasteiger partial charge is 0.126 e. The van der Waals surface area contributed by atoms with E-state index in [1.165, 1.54) is 12.1 Å². The number of nitrogens with zero attached hydrogens (tertiary/aromatic N) is 1. The quantitative estimate of drug-likeness (QED) is 0.838. The predicted molar refractivity (Wildman–Crippen MR) is 70.7 cm³/mol. The zero-order valence-electron chi connectivity index (χ0n) is 10.8. The predicted octanol–water partition coefficient (Wildman–Crippen LogP) is 3.00.